The fourth-order valence-corrected chi connectivity index (χ4v) is 2.52. The number of nitrogens with zero attached hydrogens (tertiary/aromatic N) is 2. The first-order chi connectivity index (χ1) is 12.6. The molecule has 6 nitrogen and oxygen atoms in total. The number of anilines is 1. The second-order valence-electron chi connectivity index (χ2n) is 5.59. The molecule has 0 saturated heterocycles. The molecule has 0 radical (unpaired) electrons. The molecule has 134 valence electrons. The molecule has 2 aromatic carbocycles. The summed E-state index contributed by atoms with van der Waals surface area (Å²) in [4.78, 5) is 16.5. The highest BCUT2D eigenvalue weighted by atomic mass is 19.1. The van der Waals surface area contributed by atoms with Crippen molar-refractivity contribution in [3.05, 3.63) is 71.9 Å². The summed E-state index contributed by atoms with van der Waals surface area (Å²) in [6.45, 7) is 0.455. The maximum atomic E-state index is 13.2. The number of aromatic nitrogens is 2. The molecule has 0 unspecified atom stereocenters. The van der Waals surface area contributed by atoms with E-state index in [2.05, 4.69) is 10.3 Å². The zero-order valence-corrected chi connectivity index (χ0v) is 14.4. The Labute approximate surface area is 150 Å². The van der Waals surface area contributed by atoms with Crippen LogP contribution in [0.4, 0.5) is 10.2 Å². The van der Waals surface area contributed by atoms with Crippen LogP contribution >= 0.6 is 0 Å². The molecule has 1 N–H and O–H groups in total. The molecule has 0 spiro atoms. The normalized spacial score (nSPS) is 10.4. The number of hydrogen-bond donors (Lipinski definition) is 1. The third-order valence-corrected chi connectivity index (χ3v) is 3.77. The van der Waals surface area contributed by atoms with E-state index in [1.807, 2.05) is 6.07 Å². The summed E-state index contributed by atoms with van der Waals surface area (Å²) < 4.78 is 25.4. The minimum Gasteiger partial charge on any atom is -0.493 e. The van der Waals surface area contributed by atoms with Crippen LogP contribution in [0.15, 0.2) is 55.0 Å². The van der Waals surface area contributed by atoms with E-state index < -0.39 is 0 Å². The number of imidazole rings is 1. The molecule has 1 aromatic heterocycles. The maximum absolute atomic E-state index is 13.2. The molecule has 7 heteroatoms. The summed E-state index contributed by atoms with van der Waals surface area (Å²) in [6, 6.07) is 11.2. The first-order valence-corrected chi connectivity index (χ1v) is 7.88. The fraction of sp³-hybridized carbons (Fsp3) is 0.158. The van der Waals surface area contributed by atoms with Crippen molar-refractivity contribution in [1.29, 1.82) is 0 Å². The van der Waals surface area contributed by atoms with E-state index in [1.165, 1.54) is 26.4 Å². The summed E-state index contributed by atoms with van der Waals surface area (Å²) in [5, 5.41) is 2.72. The maximum Gasteiger partial charge on any atom is 0.256 e. The second kappa shape index (κ2) is 7.69. The number of rotatable bonds is 6. The van der Waals surface area contributed by atoms with Gasteiger partial charge in [-0.05, 0) is 35.9 Å². The monoisotopic (exact) mass is 355 g/mol. The van der Waals surface area contributed by atoms with Gasteiger partial charge in [-0.25, -0.2) is 9.37 Å². The summed E-state index contributed by atoms with van der Waals surface area (Å²) in [5.41, 5.74) is 1.22. The largest absolute Gasteiger partial charge is 0.493 e. The highest BCUT2D eigenvalue weighted by Gasteiger charge is 2.12. The van der Waals surface area contributed by atoms with Crippen LogP contribution < -0.4 is 14.8 Å². The molecule has 1 heterocycles. The smallest absolute Gasteiger partial charge is 0.256 e. The van der Waals surface area contributed by atoms with Crippen LogP contribution in [0.3, 0.4) is 0 Å². The fourth-order valence-electron chi connectivity index (χ4n) is 2.52. The topological polar surface area (TPSA) is 65.4 Å². The Kier molecular flexibility index (Phi) is 5.17. The lowest BCUT2D eigenvalue weighted by molar-refractivity contribution is 0.102. The van der Waals surface area contributed by atoms with E-state index in [0.29, 0.717) is 29.4 Å². The van der Waals surface area contributed by atoms with E-state index in [1.54, 1.807) is 41.4 Å². The molecule has 0 aliphatic rings. The standard InChI is InChI=1S/C19H18FN3O3/c1-25-16-7-6-14(9-17(16)26-2)19(24)22-18-11-23(12-21-18)10-13-4-3-5-15(20)8-13/h3-9,11-12H,10H2,1-2H3,(H,22,24). The highest BCUT2D eigenvalue weighted by Crippen LogP contribution is 2.27. The van der Waals surface area contributed by atoms with Crippen LogP contribution in [0.1, 0.15) is 15.9 Å². The zero-order valence-electron chi connectivity index (χ0n) is 14.4. The zero-order chi connectivity index (χ0) is 18.5. The summed E-state index contributed by atoms with van der Waals surface area (Å²) in [6.07, 6.45) is 3.26. The van der Waals surface area contributed by atoms with Gasteiger partial charge in [0.2, 0.25) is 0 Å². The number of nitrogens with one attached hydrogen (secondary N) is 1. The van der Waals surface area contributed by atoms with Crippen LogP contribution in [-0.2, 0) is 6.54 Å². The van der Waals surface area contributed by atoms with Gasteiger partial charge >= 0.3 is 0 Å². The quantitative estimate of drug-likeness (QED) is 0.736. The van der Waals surface area contributed by atoms with Crippen LogP contribution in [0, 0.1) is 5.82 Å². The predicted molar refractivity (Wildman–Crippen MR) is 95.2 cm³/mol. The molecule has 0 bridgehead atoms. The molecular formula is C19H18FN3O3. The molecule has 0 fully saturated rings. The molecule has 1 amide bonds. The molecule has 26 heavy (non-hydrogen) atoms. The van der Waals surface area contributed by atoms with Gasteiger partial charge < -0.3 is 19.4 Å². The SMILES string of the molecule is COc1ccc(C(=O)Nc2cn(Cc3cccc(F)c3)cn2)cc1OC. The highest BCUT2D eigenvalue weighted by molar-refractivity contribution is 6.04. The van der Waals surface area contributed by atoms with Crippen LogP contribution in [-0.4, -0.2) is 29.7 Å². The summed E-state index contributed by atoms with van der Waals surface area (Å²) in [5.74, 6) is 0.813. The van der Waals surface area contributed by atoms with E-state index in [0.717, 1.165) is 5.56 Å². The van der Waals surface area contributed by atoms with Gasteiger partial charge in [0.25, 0.3) is 5.91 Å². The van der Waals surface area contributed by atoms with Gasteiger partial charge in [0, 0.05) is 18.3 Å². The van der Waals surface area contributed by atoms with E-state index in [4.69, 9.17) is 9.47 Å². The average molecular weight is 355 g/mol. The lowest BCUT2D eigenvalue weighted by atomic mass is 10.2. The number of halogens is 1. The third kappa shape index (κ3) is 4.00. The number of methoxy groups -OCH3 is 2. The van der Waals surface area contributed by atoms with Crippen molar-refractivity contribution in [2.24, 2.45) is 0 Å². The summed E-state index contributed by atoms with van der Waals surface area (Å²) in [7, 11) is 3.04. The lowest BCUT2D eigenvalue weighted by Crippen LogP contribution is -2.12. The predicted octanol–water partition coefficient (Wildman–Crippen LogP) is 3.34. The second-order valence-corrected chi connectivity index (χ2v) is 5.59. The molecule has 0 atom stereocenters. The van der Waals surface area contributed by atoms with Gasteiger partial charge in [0.15, 0.2) is 17.3 Å². The van der Waals surface area contributed by atoms with Crippen molar-refractivity contribution >= 4 is 11.7 Å². The molecular weight excluding hydrogens is 337 g/mol. The van der Waals surface area contributed by atoms with E-state index in [9.17, 15) is 9.18 Å². The van der Waals surface area contributed by atoms with Gasteiger partial charge in [-0.15, -0.1) is 0 Å². The molecule has 0 aliphatic heterocycles. The lowest BCUT2D eigenvalue weighted by Gasteiger charge is -2.09. The average Bonchev–Trinajstić information content (AvgIpc) is 3.07. The number of hydrogen-bond acceptors (Lipinski definition) is 4. The Morgan fingerprint density at radius 2 is 1.96 bits per heavy atom. The van der Waals surface area contributed by atoms with Crippen molar-refractivity contribution in [2.45, 2.75) is 6.54 Å². The van der Waals surface area contributed by atoms with Gasteiger partial charge in [-0.2, -0.15) is 0 Å². The Bertz CT molecular complexity index is 924. The number of carbonyl (C=O) groups is 1. The Morgan fingerprint density at radius 1 is 1.15 bits per heavy atom. The van der Waals surface area contributed by atoms with Gasteiger partial charge in [0.05, 0.1) is 20.5 Å². The van der Waals surface area contributed by atoms with Gasteiger partial charge in [0.1, 0.15) is 5.82 Å². The van der Waals surface area contributed by atoms with Crippen molar-refractivity contribution in [3.63, 3.8) is 0 Å². The van der Waals surface area contributed by atoms with Gasteiger partial charge in [-0.3, -0.25) is 4.79 Å². The number of benzene rings is 2. The van der Waals surface area contributed by atoms with Crippen molar-refractivity contribution in [2.75, 3.05) is 19.5 Å². The first-order valence-electron chi connectivity index (χ1n) is 7.88. The van der Waals surface area contributed by atoms with Crippen molar-refractivity contribution < 1.29 is 18.7 Å². The number of ether oxygens (including phenoxy) is 2. The molecule has 3 rings (SSSR count). The Morgan fingerprint density at radius 3 is 2.69 bits per heavy atom. The Balaban J connectivity index is 1.69. The molecule has 0 saturated carbocycles. The minimum atomic E-state index is -0.318. The summed E-state index contributed by atoms with van der Waals surface area (Å²) >= 11 is 0. The first kappa shape index (κ1) is 17.5. The van der Waals surface area contributed by atoms with E-state index in [-0.39, 0.29) is 11.7 Å². The van der Waals surface area contributed by atoms with Crippen molar-refractivity contribution in [1.82, 2.24) is 9.55 Å². The number of amides is 1. The van der Waals surface area contributed by atoms with Crippen LogP contribution in [0.5, 0.6) is 11.5 Å². The van der Waals surface area contributed by atoms with E-state index >= 15 is 0 Å². The molecule has 3 aromatic rings. The van der Waals surface area contributed by atoms with Crippen LogP contribution in [0.25, 0.3) is 0 Å². The molecule has 0 aliphatic carbocycles. The van der Waals surface area contributed by atoms with Crippen molar-refractivity contribution in [3.8, 4) is 11.5 Å². The third-order valence-electron chi connectivity index (χ3n) is 3.77. The van der Waals surface area contributed by atoms with Gasteiger partial charge in [-0.1, -0.05) is 12.1 Å². The number of carbonyl (C=O) groups excluding carboxylic acids is 1. The minimum absolute atomic E-state index is 0.287. The van der Waals surface area contributed by atoms with Crippen LogP contribution in [0.2, 0.25) is 0 Å². The Hall–Kier alpha value is -3.35.